The zero-order chi connectivity index (χ0) is 21.5. The fourth-order valence-electron chi connectivity index (χ4n) is 5.61. The van der Waals surface area contributed by atoms with Crippen molar-refractivity contribution in [1.82, 2.24) is 0 Å². The molecule has 2 aliphatic rings. The van der Waals surface area contributed by atoms with Crippen LogP contribution in [0.4, 0.5) is 13.2 Å². The van der Waals surface area contributed by atoms with Gasteiger partial charge in [0.25, 0.3) is 0 Å². The van der Waals surface area contributed by atoms with Gasteiger partial charge in [-0.1, -0.05) is 82.4 Å². The van der Waals surface area contributed by atoms with Crippen LogP contribution in [0.2, 0.25) is 5.02 Å². The fraction of sp³-hybridized carbons (Fsp3) is 0.760. The molecule has 1 nitrogen and oxygen atoms in total. The van der Waals surface area contributed by atoms with Crippen molar-refractivity contribution in [2.24, 2.45) is 17.8 Å². The van der Waals surface area contributed by atoms with Crippen molar-refractivity contribution in [2.75, 3.05) is 0 Å². The van der Waals surface area contributed by atoms with Crippen LogP contribution in [0.25, 0.3) is 0 Å². The summed E-state index contributed by atoms with van der Waals surface area (Å²) in [4.78, 5) is 0. The van der Waals surface area contributed by atoms with Gasteiger partial charge in [0, 0.05) is 5.56 Å². The average molecular weight is 445 g/mol. The quantitative estimate of drug-likeness (QED) is 0.369. The molecular weight excluding hydrogens is 409 g/mol. The molecule has 0 amide bonds. The lowest BCUT2D eigenvalue weighted by Crippen LogP contribution is -2.18. The third-order valence-corrected chi connectivity index (χ3v) is 7.78. The van der Waals surface area contributed by atoms with E-state index in [1.54, 1.807) is 6.07 Å². The van der Waals surface area contributed by atoms with Gasteiger partial charge in [0.1, 0.15) is 0 Å². The molecular formula is C25H36ClF3O. The van der Waals surface area contributed by atoms with Crippen LogP contribution in [-0.2, 0) is 0 Å². The molecule has 0 aromatic heterocycles. The SMILES string of the molecule is CCCCC1CCC(CCC2CCC(c3ccc(Cl)c(F)c3OC(F)F)CC2)CC1. The van der Waals surface area contributed by atoms with Crippen LogP contribution in [0.15, 0.2) is 12.1 Å². The Morgan fingerprint density at radius 2 is 1.43 bits per heavy atom. The molecule has 1 aromatic carbocycles. The maximum Gasteiger partial charge on any atom is 0.387 e. The van der Waals surface area contributed by atoms with E-state index >= 15 is 0 Å². The van der Waals surface area contributed by atoms with Gasteiger partial charge in [0.2, 0.25) is 0 Å². The van der Waals surface area contributed by atoms with Gasteiger partial charge in [0.15, 0.2) is 11.6 Å². The maximum absolute atomic E-state index is 14.3. The van der Waals surface area contributed by atoms with Crippen molar-refractivity contribution in [2.45, 2.75) is 103 Å². The number of halogens is 4. The summed E-state index contributed by atoms with van der Waals surface area (Å²) in [7, 11) is 0. The van der Waals surface area contributed by atoms with Crippen LogP contribution >= 0.6 is 11.6 Å². The minimum absolute atomic E-state index is 0.0655. The third kappa shape index (κ3) is 6.55. The number of ether oxygens (including phenoxy) is 1. The van der Waals surface area contributed by atoms with Crippen molar-refractivity contribution >= 4 is 11.6 Å². The predicted octanol–water partition coefficient (Wildman–Crippen LogP) is 9.13. The molecule has 0 heterocycles. The van der Waals surface area contributed by atoms with Crippen LogP contribution in [0.1, 0.15) is 102 Å². The van der Waals surface area contributed by atoms with Gasteiger partial charge < -0.3 is 4.74 Å². The summed E-state index contributed by atoms with van der Waals surface area (Å²) in [6, 6.07) is 3.11. The molecule has 0 saturated heterocycles. The van der Waals surface area contributed by atoms with E-state index in [2.05, 4.69) is 11.7 Å². The van der Waals surface area contributed by atoms with E-state index < -0.39 is 12.4 Å². The van der Waals surface area contributed by atoms with Gasteiger partial charge in [0.05, 0.1) is 5.02 Å². The summed E-state index contributed by atoms with van der Waals surface area (Å²) < 4.78 is 44.3. The first-order valence-corrected chi connectivity index (χ1v) is 12.3. The summed E-state index contributed by atoms with van der Waals surface area (Å²) in [5.41, 5.74) is 0.543. The van der Waals surface area contributed by atoms with Crippen molar-refractivity contribution in [3.05, 3.63) is 28.5 Å². The highest BCUT2D eigenvalue weighted by atomic mass is 35.5. The van der Waals surface area contributed by atoms with E-state index in [0.717, 1.165) is 37.5 Å². The summed E-state index contributed by atoms with van der Waals surface area (Å²) in [5, 5.41) is -0.174. The lowest BCUT2D eigenvalue weighted by molar-refractivity contribution is -0.0531. The lowest BCUT2D eigenvalue weighted by atomic mass is 9.74. The van der Waals surface area contributed by atoms with Gasteiger partial charge >= 0.3 is 6.61 Å². The highest BCUT2D eigenvalue weighted by Crippen LogP contribution is 2.44. The first-order valence-electron chi connectivity index (χ1n) is 11.9. The Morgan fingerprint density at radius 3 is 1.97 bits per heavy atom. The van der Waals surface area contributed by atoms with Gasteiger partial charge in [-0.2, -0.15) is 8.78 Å². The lowest BCUT2D eigenvalue weighted by Gasteiger charge is -2.32. The zero-order valence-electron chi connectivity index (χ0n) is 18.2. The molecule has 5 heteroatoms. The van der Waals surface area contributed by atoms with Gasteiger partial charge in [-0.25, -0.2) is 4.39 Å². The smallest absolute Gasteiger partial charge is 0.387 e. The summed E-state index contributed by atoms with van der Waals surface area (Å²) in [5.74, 6) is 1.39. The van der Waals surface area contributed by atoms with E-state index in [0.29, 0.717) is 11.5 Å². The monoisotopic (exact) mass is 444 g/mol. The van der Waals surface area contributed by atoms with Crippen LogP contribution < -0.4 is 4.74 Å². The normalized spacial score (nSPS) is 27.4. The Morgan fingerprint density at radius 1 is 0.900 bits per heavy atom. The molecule has 170 valence electrons. The van der Waals surface area contributed by atoms with Crippen LogP contribution in [0.5, 0.6) is 5.75 Å². The Hall–Kier alpha value is -0.900. The van der Waals surface area contributed by atoms with E-state index in [9.17, 15) is 13.2 Å². The van der Waals surface area contributed by atoms with Gasteiger partial charge in [-0.15, -0.1) is 0 Å². The van der Waals surface area contributed by atoms with Crippen molar-refractivity contribution in [3.8, 4) is 5.75 Å². The molecule has 0 aliphatic heterocycles. The second-order valence-corrected chi connectivity index (χ2v) is 9.89. The molecule has 0 unspecified atom stereocenters. The molecule has 1 aromatic rings. The number of hydrogen-bond donors (Lipinski definition) is 0. The second-order valence-electron chi connectivity index (χ2n) is 9.48. The molecule has 2 fully saturated rings. The number of unbranched alkanes of at least 4 members (excludes halogenated alkanes) is 1. The van der Waals surface area contributed by atoms with Crippen molar-refractivity contribution in [1.29, 1.82) is 0 Å². The van der Waals surface area contributed by atoms with E-state index in [1.165, 1.54) is 63.9 Å². The largest absolute Gasteiger partial charge is 0.431 e. The van der Waals surface area contributed by atoms with E-state index in [4.69, 9.17) is 11.6 Å². The zero-order valence-corrected chi connectivity index (χ0v) is 18.9. The molecule has 2 saturated carbocycles. The van der Waals surface area contributed by atoms with Crippen LogP contribution in [0.3, 0.4) is 0 Å². The molecule has 2 aliphatic carbocycles. The Kier molecular flexibility index (Phi) is 9.22. The summed E-state index contributed by atoms with van der Waals surface area (Å²) >= 11 is 5.78. The van der Waals surface area contributed by atoms with Gasteiger partial charge in [-0.3, -0.25) is 0 Å². The standard InChI is InChI=1S/C25H36ClF3O/c1-2-3-4-17-5-7-18(8-6-17)9-10-19-11-13-20(14-12-19)21-15-16-22(26)23(27)24(21)30-25(28)29/h15-20,25H,2-14H2,1H3. The Labute approximate surface area is 184 Å². The molecule has 30 heavy (non-hydrogen) atoms. The average Bonchev–Trinajstić information content (AvgIpc) is 2.75. The predicted molar refractivity (Wildman–Crippen MR) is 117 cm³/mol. The topological polar surface area (TPSA) is 9.23 Å². The highest BCUT2D eigenvalue weighted by Gasteiger charge is 2.29. The number of rotatable bonds is 9. The minimum atomic E-state index is -3.05. The first-order chi connectivity index (χ1) is 14.5. The van der Waals surface area contributed by atoms with Crippen LogP contribution in [-0.4, -0.2) is 6.61 Å². The molecule has 0 N–H and O–H groups in total. The van der Waals surface area contributed by atoms with Crippen molar-refractivity contribution < 1.29 is 17.9 Å². The fourth-order valence-corrected chi connectivity index (χ4v) is 5.76. The van der Waals surface area contributed by atoms with Gasteiger partial charge in [-0.05, 0) is 55.4 Å². The Balaban J connectivity index is 1.45. The number of alkyl halides is 2. The Bertz CT molecular complexity index is 650. The summed E-state index contributed by atoms with van der Waals surface area (Å²) in [6.45, 7) is -0.777. The second kappa shape index (κ2) is 11.6. The first kappa shape index (κ1) is 23.8. The number of hydrogen-bond acceptors (Lipinski definition) is 1. The molecule has 0 bridgehead atoms. The molecule has 0 radical (unpaired) electrons. The van der Waals surface area contributed by atoms with Crippen LogP contribution in [0, 0.1) is 23.6 Å². The number of benzene rings is 1. The molecule has 3 rings (SSSR count). The molecule has 0 spiro atoms. The minimum Gasteiger partial charge on any atom is -0.431 e. The van der Waals surface area contributed by atoms with Crippen molar-refractivity contribution in [3.63, 3.8) is 0 Å². The summed E-state index contributed by atoms with van der Waals surface area (Å²) in [6.07, 6.45) is 16.2. The van der Waals surface area contributed by atoms with E-state index in [-0.39, 0.29) is 16.7 Å². The highest BCUT2D eigenvalue weighted by molar-refractivity contribution is 6.30. The third-order valence-electron chi connectivity index (χ3n) is 7.49. The van der Waals surface area contributed by atoms with E-state index in [1.807, 2.05) is 0 Å². The molecule has 0 atom stereocenters. The maximum atomic E-state index is 14.3.